The number of rotatable bonds is 9. The Bertz CT molecular complexity index is 524. The molecule has 4 atom stereocenters. The topological polar surface area (TPSA) is 153 Å². The molecule has 1 saturated heterocycles. The summed E-state index contributed by atoms with van der Waals surface area (Å²) in [5.74, 6) is -4.96. The zero-order valence-electron chi connectivity index (χ0n) is 13.3. The largest absolute Gasteiger partial charge is 0.481 e. The Balaban J connectivity index is 2.74. The van der Waals surface area contributed by atoms with Crippen LogP contribution >= 0.6 is 0 Å². The summed E-state index contributed by atoms with van der Waals surface area (Å²) in [5.41, 5.74) is 0.740. The van der Waals surface area contributed by atoms with Crippen LogP contribution in [-0.2, 0) is 19.2 Å². The maximum Gasteiger partial charge on any atom is 0.326 e. The van der Waals surface area contributed by atoms with E-state index in [9.17, 15) is 24.3 Å². The van der Waals surface area contributed by atoms with Gasteiger partial charge in [-0.1, -0.05) is 12.2 Å². The monoisotopic (exact) mass is 342 g/mol. The van der Waals surface area contributed by atoms with Gasteiger partial charge in [-0.15, -0.1) is 0 Å². The Morgan fingerprint density at radius 1 is 1.25 bits per heavy atom. The number of hydrogen-bond donors (Lipinski definition) is 5. The summed E-state index contributed by atoms with van der Waals surface area (Å²) in [6.45, 7) is 5.93. The molecule has 0 aliphatic carbocycles. The Labute approximate surface area is 138 Å². The first-order chi connectivity index (χ1) is 11.1. The molecule has 1 heterocycles. The van der Waals surface area contributed by atoms with Gasteiger partial charge >= 0.3 is 17.9 Å². The lowest BCUT2D eigenvalue weighted by Gasteiger charge is -2.22. The van der Waals surface area contributed by atoms with Gasteiger partial charge in [0.1, 0.15) is 12.1 Å². The molecule has 0 bridgehead atoms. The summed E-state index contributed by atoms with van der Waals surface area (Å²) in [4.78, 5) is 45.0. The molecule has 5 N–H and O–H groups in total. The molecule has 1 unspecified atom stereocenters. The molecule has 1 aliphatic rings. The van der Waals surface area contributed by atoms with E-state index in [4.69, 9.17) is 10.2 Å². The first-order valence-electron chi connectivity index (χ1n) is 7.49. The van der Waals surface area contributed by atoms with Crippen LogP contribution in [0.3, 0.4) is 0 Å². The van der Waals surface area contributed by atoms with Gasteiger partial charge in [-0.2, -0.15) is 0 Å². The zero-order valence-corrected chi connectivity index (χ0v) is 13.3. The molecule has 1 aliphatic heterocycles. The number of hydrogen-bond acceptors (Lipinski definition) is 5. The summed E-state index contributed by atoms with van der Waals surface area (Å²) in [6, 6.07) is -2.24. The highest BCUT2D eigenvalue weighted by Gasteiger charge is 2.41. The second-order valence-corrected chi connectivity index (χ2v) is 5.94. The zero-order chi connectivity index (χ0) is 18.4. The maximum absolute atomic E-state index is 12.1. The molecule has 24 heavy (non-hydrogen) atoms. The smallest absolute Gasteiger partial charge is 0.326 e. The van der Waals surface area contributed by atoms with Crippen molar-refractivity contribution in [1.29, 1.82) is 0 Å². The summed E-state index contributed by atoms with van der Waals surface area (Å²) in [7, 11) is 0. The lowest BCUT2D eigenvalue weighted by molar-refractivity contribution is -0.144. The van der Waals surface area contributed by atoms with Crippen molar-refractivity contribution in [2.75, 3.05) is 6.54 Å². The van der Waals surface area contributed by atoms with E-state index in [0.29, 0.717) is 6.54 Å². The van der Waals surface area contributed by atoms with E-state index in [-0.39, 0.29) is 18.8 Å². The molecular weight excluding hydrogens is 320 g/mol. The fourth-order valence-corrected chi connectivity index (χ4v) is 2.85. The Morgan fingerprint density at radius 2 is 1.88 bits per heavy atom. The van der Waals surface area contributed by atoms with Gasteiger partial charge in [0.2, 0.25) is 5.91 Å². The van der Waals surface area contributed by atoms with E-state index < -0.39 is 48.2 Å². The third-order valence-electron chi connectivity index (χ3n) is 4.10. The van der Waals surface area contributed by atoms with Crippen LogP contribution in [0.5, 0.6) is 0 Å². The van der Waals surface area contributed by atoms with Crippen LogP contribution in [0.25, 0.3) is 0 Å². The van der Waals surface area contributed by atoms with Gasteiger partial charge in [-0.25, -0.2) is 4.79 Å². The number of carbonyl (C=O) groups excluding carboxylic acids is 1. The Morgan fingerprint density at radius 3 is 2.33 bits per heavy atom. The highest BCUT2D eigenvalue weighted by molar-refractivity contribution is 5.85. The van der Waals surface area contributed by atoms with Crippen LogP contribution in [-0.4, -0.2) is 57.8 Å². The molecule has 0 saturated carbocycles. The van der Waals surface area contributed by atoms with Crippen LogP contribution in [0.4, 0.5) is 0 Å². The van der Waals surface area contributed by atoms with Gasteiger partial charge < -0.3 is 26.0 Å². The van der Waals surface area contributed by atoms with Crippen LogP contribution < -0.4 is 10.6 Å². The van der Waals surface area contributed by atoms with Crippen molar-refractivity contribution in [2.24, 2.45) is 11.8 Å². The van der Waals surface area contributed by atoms with Gasteiger partial charge in [-0.05, 0) is 19.3 Å². The number of nitrogens with one attached hydrogen (secondary N) is 2. The third kappa shape index (κ3) is 5.34. The van der Waals surface area contributed by atoms with Gasteiger partial charge in [0.15, 0.2) is 0 Å². The average Bonchev–Trinajstić information content (AvgIpc) is 2.86. The minimum atomic E-state index is -1.33. The van der Waals surface area contributed by atoms with Gasteiger partial charge in [0, 0.05) is 25.3 Å². The number of amides is 1. The van der Waals surface area contributed by atoms with Gasteiger partial charge in [0.05, 0.1) is 0 Å². The molecule has 0 aromatic rings. The molecule has 0 radical (unpaired) electrons. The van der Waals surface area contributed by atoms with Crippen molar-refractivity contribution in [3.8, 4) is 0 Å². The quantitative estimate of drug-likeness (QED) is 0.357. The van der Waals surface area contributed by atoms with Crippen molar-refractivity contribution in [1.82, 2.24) is 10.6 Å². The molecule has 1 rings (SSSR count). The third-order valence-corrected chi connectivity index (χ3v) is 4.10. The Kier molecular flexibility index (Phi) is 6.90. The second-order valence-electron chi connectivity index (χ2n) is 5.94. The second kappa shape index (κ2) is 8.44. The molecule has 9 nitrogen and oxygen atoms in total. The molecule has 134 valence electrons. The fraction of sp³-hybridized carbons (Fsp3) is 0.600. The molecule has 0 spiro atoms. The van der Waals surface area contributed by atoms with E-state index in [0.717, 1.165) is 5.57 Å². The molecule has 9 heteroatoms. The van der Waals surface area contributed by atoms with Gasteiger partial charge in [0.25, 0.3) is 0 Å². The van der Waals surface area contributed by atoms with E-state index >= 15 is 0 Å². The number of carbonyl (C=O) groups is 4. The molecule has 0 aromatic heterocycles. The number of carboxylic acid groups (broad SMARTS) is 3. The van der Waals surface area contributed by atoms with Crippen molar-refractivity contribution >= 4 is 23.8 Å². The van der Waals surface area contributed by atoms with Crippen molar-refractivity contribution in [2.45, 2.75) is 38.3 Å². The lowest BCUT2D eigenvalue weighted by atomic mass is 9.83. The number of aliphatic carboxylic acids is 3. The predicted molar refractivity (Wildman–Crippen MR) is 82.3 cm³/mol. The lowest BCUT2D eigenvalue weighted by Crippen LogP contribution is -2.44. The summed E-state index contributed by atoms with van der Waals surface area (Å²) in [5, 5.41) is 32.0. The highest BCUT2D eigenvalue weighted by atomic mass is 16.4. The predicted octanol–water partition coefficient (Wildman–Crippen LogP) is -0.324. The van der Waals surface area contributed by atoms with E-state index in [2.05, 4.69) is 17.2 Å². The SMILES string of the molecule is C=C(C)[C@@H]1CNC(C(=O)O)[C@@H]1CC(=O)N[C@@H](CCC(=O)O)C(=O)O. The molecule has 1 fully saturated rings. The molecule has 0 aromatic carbocycles. The van der Waals surface area contributed by atoms with Crippen molar-refractivity contribution in [3.63, 3.8) is 0 Å². The molecule has 1 amide bonds. The summed E-state index contributed by atoms with van der Waals surface area (Å²) < 4.78 is 0. The van der Waals surface area contributed by atoms with Crippen LogP contribution in [0.15, 0.2) is 12.2 Å². The fourth-order valence-electron chi connectivity index (χ4n) is 2.85. The van der Waals surface area contributed by atoms with Crippen LogP contribution in [0.1, 0.15) is 26.2 Å². The summed E-state index contributed by atoms with van der Waals surface area (Å²) in [6.07, 6.45) is -0.821. The highest BCUT2D eigenvalue weighted by Crippen LogP contribution is 2.30. The normalized spacial score (nSPS) is 24.1. The summed E-state index contributed by atoms with van der Waals surface area (Å²) >= 11 is 0. The van der Waals surface area contributed by atoms with E-state index in [1.54, 1.807) is 6.92 Å². The first kappa shape index (κ1) is 19.6. The van der Waals surface area contributed by atoms with Crippen molar-refractivity contribution in [3.05, 3.63) is 12.2 Å². The standard InChI is InChI=1S/C15H22N2O7/c1-7(2)9-6-16-13(15(23)24)8(9)5-11(18)17-10(14(21)22)3-4-12(19)20/h8-10,13,16H,1,3-6H2,2H3,(H,17,18)(H,19,20)(H,21,22)(H,23,24)/t8-,9+,10+,13?/m1/s1. The van der Waals surface area contributed by atoms with Crippen LogP contribution in [0, 0.1) is 11.8 Å². The number of carboxylic acids is 3. The minimum absolute atomic E-state index is 0.182. The average molecular weight is 342 g/mol. The first-order valence-corrected chi connectivity index (χ1v) is 7.49. The van der Waals surface area contributed by atoms with Crippen LogP contribution in [0.2, 0.25) is 0 Å². The van der Waals surface area contributed by atoms with E-state index in [1.807, 2.05) is 0 Å². The minimum Gasteiger partial charge on any atom is -0.481 e. The van der Waals surface area contributed by atoms with E-state index in [1.165, 1.54) is 0 Å². The molecular formula is C15H22N2O7. The Hall–Kier alpha value is -2.42. The van der Waals surface area contributed by atoms with Gasteiger partial charge in [-0.3, -0.25) is 14.4 Å². The van der Waals surface area contributed by atoms with Crippen molar-refractivity contribution < 1.29 is 34.5 Å². The maximum atomic E-state index is 12.1.